The molecule has 9 nitrogen and oxygen atoms in total. The molecule has 1 aliphatic rings. The van der Waals surface area contributed by atoms with Gasteiger partial charge in [0.25, 0.3) is 0 Å². The fourth-order valence-corrected chi connectivity index (χ4v) is 3.24. The standard InChI is InChI=1S/C17H15ClFN5O4/c18-17-22-13(20)11-14(23-17)24(7-21-11)15-10(19)12(9(6-25)27-15)28-16(26)8-4-2-1-3-5-8/h1-5,7,9-10,12,15,25H,6H2,(H2,20,22,23)/t9-,10?,12?,15-/m1/s1. The number of anilines is 1. The van der Waals surface area contributed by atoms with Gasteiger partial charge < -0.3 is 20.3 Å². The third-order valence-electron chi connectivity index (χ3n) is 4.39. The molecule has 0 saturated carbocycles. The van der Waals surface area contributed by atoms with Gasteiger partial charge in [-0.15, -0.1) is 0 Å². The normalized spacial score (nSPS) is 24.5. The summed E-state index contributed by atoms with van der Waals surface area (Å²) in [6.45, 7) is -0.547. The lowest BCUT2D eigenvalue weighted by atomic mass is 10.1. The highest BCUT2D eigenvalue weighted by atomic mass is 35.5. The van der Waals surface area contributed by atoms with Gasteiger partial charge >= 0.3 is 5.97 Å². The van der Waals surface area contributed by atoms with Crippen LogP contribution in [0.5, 0.6) is 0 Å². The lowest BCUT2D eigenvalue weighted by molar-refractivity contribution is -0.0508. The Morgan fingerprint density at radius 2 is 2.11 bits per heavy atom. The van der Waals surface area contributed by atoms with Crippen LogP contribution in [0.3, 0.4) is 0 Å². The minimum Gasteiger partial charge on any atom is -0.453 e. The van der Waals surface area contributed by atoms with Crippen LogP contribution in [0.2, 0.25) is 5.28 Å². The number of nitrogens with two attached hydrogens (primary N) is 1. The molecular formula is C17H15ClFN5O4. The van der Waals surface area contributed by atoms with Gasteiger partial charge in [-0.1, -0.05) is 18.2 Å². The predicted molar refractivity (Wildman–Crippen MR) is 96.3 cm³/mol. The molecule has 1 aliphatic heterocycles. The van der Waals surface area contributed by atoms with Gasteiger partial charge in [0.2, 0.25) is 5.28 Å². The van der Waals surface area contributed by atoms with Crippen LogP contribution in [0.1, 0.15) is 16.6 Å². The molecule has 2 aromatic heterocycles. The average molecular weight is 408 g/mol. The number of nitrogens with zero attached hydrogens (tertiary/aromatic N) is 4. The molecule has 146 valence electrons. The van der Waals surface area contributed by atoms with Crippen LogP contribution in [0.25, 0.3) is 11.2 Å². The van der Waals surface area contributed by atoms with E-state index in [4.69, 9.17) is 26.8 Å². The van der Waals surface area contributed by atoms with Gasteiger partial charge in [0, 0.05) is 0 Å². The summed E-state index contributed by atoms with van der Waals surface area (Å²) in [5.74, 6) is -0.686. The molecule has 0 spiro atoms. The van der Waals surface area contributed by atoms with Gasteiger partial charge in [-0.25, -0.2) is 14.2 Å². The van der Waals surface area contributed by atoms with E-state index in [2.05, 4.69) is 15.0 Å². The van der Waals surface area contributed by atoms with E-state index in [1.165, 1.54) is 10.9 Å². The summed E-state index contributed by atoms with van der Waals surface area (Å²) in [6.07, 6.45) is -4.16. The first-order valence-corrected chi connectivity index (χ1v) is 8.69. The van der Waals surface area contributed by atoms with Crippen LogP contribution >= 0.6 is 11.6 Å². The second kappa shape index (κ2) is 7.30. The predicted octanol–water partition coefficient (Wildman–Crippen LogP) is 1.52. The molecule has 1 saturated heterocycles. The van der Waals surface area contributed by atoms with Gasteiger partial charge in [0.15, 0.2) is 30.0 Å². The molecule has 4 atom stereocenters. The summed E-state index contributed by atoms with van der Waals surface area (Å²) in [6, 6.07) is 8.14. The number of ether oxygens (including phenoxy) is 2. The van der Waals surface area contributed by atoms with Crippen molar-refractivity contribution in [1.29, 1.82) is 0 Å². The first kappa shape index (κ1) is 18.5. The molecule has 1 aromatic carbocycles. The number of benzene rings is 1. The zero-order valence-corrected chi connectivity index (χ0v) is 15.0. The van der Waals surface area contributed by atoms with Gasteiger partial charge in [-0.05, 0) is 23.7 Å². The van der Waals surface area contributed by atoms with Crippen molar-refractivity contribution in [3.8, 4) is 0 Å². The molecule has 2 unspecified atom stereocenters. The van der Waals surface area contributed by atoms with E-state index in [9.17, 15) is 9.90 Å². The third-order valence-corrected chi connectivity index (χ3v) is 4.56. The quantitative estimate of drug-likeness (QED) is 0.492. The number of alkyl halides is 1. The molecule has 3 heterocycles. The van der Waals surface area contributed by atoms with Crippen molar-refractivity contribution in [2.45, 2.75) is 24.6 Å². The largest absolute Gasteiger partial charge is 0.453 e. The number of esters is 1. The van der Waals surface area contributed by atoms with Crippen LogP contribution in [0, 0.1) is 0 Å². The summed E-state index contributed by atoms with van der Waals surface area (Å²) in [5, 5.41) is 9.45. The highest BCUT2D eigenvalue weighted by Gasteiger charge is 2.49. The fraction of sp³-hybridized carbons (Fsp3) is 0.294. The van der Waals surface area contributed by atoms with Crippen LogP contribution in [0.4, 0.5) is 10.2 Å². The van der Waals surface area contributed by atoms with E-state index in [1.807, 2.05) is 0 Å². The summed E-state index contributed by atoms with van der Waals surface area (Å²) in [5.41, 5.74) is 6.41. The van der Waals surface area contributed by atoms with Gasteiger partial charge in [-0.3, -0.25) is 4.57 Å². The maximum absolute atomic E-state index is 15.2. The Balaban J connectivity index is 1.63. The summed E-state index contributed by atoms with van der Waals surface area (Å²) < 4.78 is 27.3. The van der Waals surface area contributed by atoms with E-state index >= 15 is 4.39 Å². The number of aliphatic hydroxyl groups is 1. The molecule has 28 heavy (non-hydrogen) atoms. The van der Waals surface area contributed by atoms with Crippen molar-refractivity contribution in [3.63, 3.8) is 0 Å². The first-order chi connectivity index (χ1) is 13.5. The topological polar surface area (TPSA) is 125 Å². The second-order valence-corrected chi connectivity index (χ2v) is 6.47. The number of aliphatic hydroxyl groups excluding tert-OH is 1. The fourth-order valence-electron chi connectivity index (χ4n) is 3.07. The van der Waals surface area contributed by atoms with Crippen LogP contribution in [-0.4, -0.2) is 55.6 Å². The number of hydrogen-bond acceptors (Lipinski definition) is 8. The van der Waals surface area contributed by atoms with Crippen molar-refractivity contribution in [3.05, 3.63) is 47.5 Å². The van der Waals surface area contributed by atoms with Crippen molar-refractivity contribution in [1.82, 2.24) is 19.5 Å². The van der Waals surface area contributed by atoms with E-state index in [0.29, 0.717) is 0 Å². The van der Waals surface area contributed by atoms with E-state index in [0.717, 1.165) is 0 Å². The van der Waals surface area contributed by atoms with E-state index < -0.39 is 37.2 Å². The van der Waals surface area contributed by atoms with Crippen molar-refractivity contribution >= 4 is 34.6 Å². The highest BCUT2D eigenvalue weighted by molar-refractivity contribution is 6.28. The Labute approximate surface area is 162 Å². The Morgan fingerprint density at radius 3 is 2.82 bits per heavy atom. The van der Waals surface area contributed by atoms with Gasteiger partial charge in [0.05, 0.1) is 18.5 Å². The summed E-state index contributed by atoms with van der Waals surface area (Å²) in [4.78, 5) is 24.2. The number of hydrogen-bond donors (Lipinski definition) is 2. The van der Waals surface area contributed by atoms with Crippen LogP contribution in [-0.2, 0) is 9.47 Å². The number of fused-ring (bicyclic) bond motifs is 1. The SMILES string of the molecule is Nc1nc(Cl)nc2c1ncn2[C@@H]1O[C@H](CO)C(OC(=O)c2ccccc2)C1F. The minimum absolute atomic E-state index is 0.0351. The van der Waals surface area contributed by atoms with Gasteiger partial charge in [0.1, 0.15) is 11.6 Å². The van der Waals surface area contributed by atoms with Crippen molar-refractivity contribution in [2.75, 3.05) is 12.3 Å². The van der Waals surface area contributed by atoms with Crippen LogP contribution in [0.15, 0.2) is 36.7 Å². The molecular weight excluding hydrogens is 393 g/mol. The minimum atomic E-state index is -1.79. The number of carbonyl (C=O) groups excluding carboxylic acids is 1. The Morgan fingerprint density at radius 1 is 1.36 bits per heavy atom. The van der Waals surface area contributed by atoms with Crippen molar-refractivity contribution < 1.29 is 23.8 Å². The average Bonchev–Trinajstić information content (AvgIpc) is 3.24. The maximum atomic E-state index is 15.2. The van der Waals surface area contributed by atoms with Crippen LogP contribution < -0.4 is 5.73 Å². The summed E-state index contributed by atoms with van der Waals surface area (Å²) in [7, 11) is 0. The molecule has 0 radical (unpaired) electrons. The number of aromatic nitrogens is 4. The zero-order valence-electron chi connectivity index (χ0n) is 14.3. The van der Waals surface area contributed by atoms with Gasteiger partial charge in [-0.2, -0.15) is 9.97 Å². The molecule has 3 N–H and O–H groups in total. The molecule has 11 heteroatoms. The Bertz CT molecular complexity index is 1020. The molecule has 0 bridgehead atoms. The number of carbonyl (C=O) groups is 1. The van der Waals surface area contributed by atoms with E-state index in [1.54, 1.807) is 30.3 Å². The molecule has 4 rings (SSSR count). The lowest BCUT2D eigenvalue weighted by Crippen LogP contribution is -2.35. The Kier molecular flexibility index (Phi) is 4.84. The van der Waals surface area contributed by atoms with E-state index in [-0.39, 0.29) is 27.8 Å². The number of rotatable bonds is 4. The number of imidazole rings is 1. The number of nitrogen functional groups attached to an aromatic ring is 1. The Hall–Kier alpha value is -2.82. The molecule has 1 fully saturated rings. The maximum Gasteiger partial charge on any atom is 0.338 e. The zero-order chi connectivity index (χ0) is 19.8. The molecule has 0 aliphatic carbocycles. The van der Waals surface area contributed by atoms with Crippen molar-refractivity contribution in [2.24, 2.45) is 0 Å². The monoisotopic (exact) mass is 407 g/mol. The lowest BCUT2D eigenvalue weighted by Gasteiger charge is -2.18. The smallest absolute Gasteiger partial charge is 0.338 e. The highest BCUT2D eigenvalue weighted by Crippen LogP contribution is 2.36. The second-order valence-electron chi connectivity index (χ2n) is 6.13. The molecule has 3 aromatic rings. The summed E-state index contributed by atoms with van der Waals surface area (Å²) >= 11 is 5.83. The first-order valence-electron chi connectivity index (χ1n) is 8.31. The number of halogens is 2. The molecule has 0 amide bonds. The third kappa shape index (κ3) is 3.15.